The van der Waals surface area contributed by atoms with E-state index in [4.69, 9.17) is 15.2 Å². The molecule has 0 bridgehead atoms. The van der Waals surface area contributed by atoms with Crippen molar-refractivity contribution in [3.63, 3.8) is 0 Å². The number of hydrogen-bond donors (Lipinski definition) is 1. The SMILES string of the molecule is CCc1ccnn1C.CN(C(=O)OC(C)(C)C)c1ccnn1C.Cl.Cn1nccc1CC(=O)OC(C)(C)C.Cn1nccc1N. The minimum Gasteiger partial charge on any atom is -0.460 e. The Bertz CT molecular complexity index is 1410. The number of nitrogens with two attached hydrogens (primary N) is 1. The minimum atomic E-state index is -0.482. The van der Waals surface area contributed by atoms with Gasteiger partial charge < -0.3 is 15.2 Å². The van der Waals surface area contributed by atoms with E-state index in [1.165, 1.54) is 10.6 Å². The number of hydrogen-bond acceptors (Lipinski definition) is 9. The molecule has 4 heterocycles. The highest BCUT2D eigenvalue weighted by Gasteiger charge is 2.22. The standard InChI is InChI=1S/C10H17N3O2.C10H16N2O2.C6H10N2.C4H7N3.ClH/c1-10(2,3)15-9(14)12(4)8-6-7-11-13(8)5;1-10(2,3)14-9(13)7-8-5-6-11-12(8)4;1-3-6-4-5-7-8(6)2;1-7-4(5)2-3-6-7;/h6-7H,1-5H3;5-6H,7H2,1-4H3;4-5H,3H2,1-2H3;2-3H,5H2,1H3;1H. The number of rotatable bonds is 4. The van der Waals surface area contributed by atoms with Crippen LogP contribution in [0.2, 0.25) is 0 Å². The Balaban J connectivity index is 0.000000595. The van der Waals surface area contributed by atoms with Crippen molar-refractivity contribution in [2.24, 2.45) is 28.2 Å². The number of amides is 1. The number of aromatic nitrogens is 8. The number of carbonyl (C=O) groups is 2. The lowest BCUT2D eigenvalue weighted by molar-refractivity contribution is -0.154. The van der Waals surface area contributed by atoms with Crippen LogP contribution in [0.15, 0.2) is 49.1 Å². The van der Waals surface area contributed by atoms with Crippen LogP contribution in [-0.2, 0) is 55.3 Å². The summed E-state index contributed by atoms with van der Waals surface area (Å²) >= 11 is 0. The number of halogens is 1. The summed E-state index contributed by atoms with van der Waals surface area (Å²) in [6.07, 6.45) is 7.74. The van der Waals surface area contributed by atoms with Crippen molar-refractivity contribution in [1.82, 2.24) is 39.1 Å². The van der Waals surface area contributed by atoms with Crippen molar-refractivity contribution >= 4 is 36.1 Å². The lowest BCUT2D eigenvalue weighted by Crippen LogP contribution is -2.35. The van der Waals surface area contributed by atoms with Gasteiger partial charge in [0.15, 0.2) is 0 Å². The smallest absolute Gasteiger partial charge is 0.415 e. The number of nitrogens with zero attached hydrogens (tertiary/aromatic N) is 9. The second-order valence-electron chi connectivity index (χ2n) is 11.7. The Morgan fingerprint density at radius 2 is 1.18 bits per heavy atom. The quantitative estimate of drug-likeness (QED) is 0.315. The zero-order chi connectivity index (χ0) is 33.7. The molecule has 0 aromatic carbocycles. The maximum Gasteiger partial charge on any atom is 0.415 e. The van der Waals surface area contributed by atoms with E-state index >= 15 is 0 Å². The zero-order valence-corrected chi connectivity index (χ0v) is 29.5. The Hall–Kier alpha value is -4.33. The number of anilines is 2. The monoisotopic (exact) mass is 650 g/mol. The molecular weight excluding hydrogens is 600 g/mol. The molecule has 0 saturated carbocycles. The van der Waals surface area contributed by atoms with Gasteiger partial charge in [-0.2, -0.15) is 20.4 Å². The van der Waals surface area contributed by atoms with Gasteiger partial charge in [-0.1, -0.05) is 6.92 Å². The summed E-state index contributed by atoms with van der Waals surface area (Å²) in [6, 6.07) is 7.34. The predicted molar refractivity (Wildman–Crippen MR) is 178 cm³/mol. The van der Waals surface area contributed by atoms with E-state index < -0.39 is 11.2 Å². The van der Waals surface area contributed by atoms with Crippen molar-refractivity contribution in [2.75, 3.05) is 17.7 Å². The van der Waals surface area contributed by atoms with E-state index in [2.05, 4.69) is 27.3 Å². The highest BCUT2D eigenvalue weighted by atomic mass is 35.5. The van der Waals surface area contributed by atoms with Crippen LogP contribution in [0.4, 0.5) is 16.4 Å². The molecule has 4 aromatic rings. The molecule has 252 valence electrons. The van der Waals surface area contributed by atoms with Gasteiger partial charge in [0.1, 0.15) is 22.8 Å². The molecular formula is C30H51ClN10O4. The van der Waals surface area contributed by atoms with Crippen LogP contribution in [0.3, 0.4) is 0 Å². The maximum absolute atomic E-state index is 11.7. The van der Waals surface area contributed by atoms with Gasteiger partial charge >= 0.3 is 12.1 Å². The molecule has 2 N–H and O–H groups in total. The molecule has 0 fully saturated rings. The second-order valence-corrected chi connectivity index (χ2v) is 11.7. The highest BCUT2D eigenvalue weighted by molar-refractivity contribution is 5.86. The highest BCUT2D eigenvalue weighted by Crippen LogP contribution is 2.15. The molecule has 0 radical (unpaired) electrons. The first-order valence-corrected chi connectivity index (χ1v) is 14.2. The summed E-state index contributed by atoms with van der Waals surface area (Å²) < 4.78 is 17.2. The van der Waals surface area contributed by atoms with E-state index in [-0.39, 0.29) is 30.9 Å². The number of aryl methyl sites for hydroxylation is 5. The van der Waals surface area contributed by atoms with Crippen LogP contribution in [0.5, 0.6) is 0 Å². The molecule has 14 nitrogen and oxygen atoms in total. The van der Waals surface area contributed by atoms with Gasteiger partial charge in [0.25, 0.3) is 0 Å². The van der Waals surface area contributed by atoms with E-state index in [1.54, 1.807) is 73.0 Å². The molecule has 0 aliphatic rings. The predicted octanol–water partition coefficient (Wildman–Crippen LogP) is 4.50. The topological polar surface area (TPSA) is 153 Å². The van der Waals surface area contributed by atoms with Crippen molar-refractivity contribution in [1.29, 1.82) is 0 Å². The Labute approximate surface area is 272 Å². The van der Waals surface area contributed by atoms with Crippen molar-refractivity contribution in [3.8, 4) is 0 Å². The Kier molecular flexibility index (Phi) is 16.7. The van der Waals surface area contributed by atoms with Gasteiger partial charge in [-0.3, -0.25) is 28.4 Å². The molecule has 0 aliphatic heterocycles. The Morgan fingerprint density at radius 3 is 1.49 bits per heavy atom. The first-order valence-electron chi connectivity index (χ1n) is 14.2. The van der Waals surface area contributed by atoms with E-state index in [9.17, 15) is 9.59 Å². The number of carbonyl (C=O) groups excluding carboxylic acids is 2. The third-order valence-corrected chi connectivity index (χ3v) is 5.62. The van der Waals surface area contributed by atoms with E-state index in [0.29, 0.717) is 11.6 Å². The van der Waals surface area contributed by atoms with Crippen LogP contribution in [0.25, 0.3) is 0 Å². The van der Waals surface area contributed by atoms with Gasteiger partial charge in [-0.15, -0.1) is 12.4 Å². The number of ether oxygens (including phenoxy) is 2. The van der Waals surface area contributed by atoms with E-state index in [0.717, 1.165) is 12.1 Å². The summed E-state index contributed by atoms with van der Waals surface area (Å²) in [5.74, 6) is 1.17. The molecule has 0 atom stereocenters. The first-order chi connectivity index (χ1) is 20.3. The number of nitrogen functional groups attached to an aromatic ring is 1. The molecule has 0 unspecified atom stereocenters. The van der Waals surface area contributed by atoms with Gasteiger partial charge in [0.05, 0.1) is 18.8 Å². The summed E-state index contributed by atoms with van der Waals surface area (Å²) in [5, 5.41) is 15.8. The summed E-state index contributed by atoms with van der Waals surface area (Å²) in [4.78, 5) is 24.5. The van der Waals surface area contributed by atoms with Crippen molar-refractivity contribution in [3.05, 3.63) is 60.4 Å². The van der Waals surface area contributed by atoms with Gasteiger partial charge in [-0.25, -0.2) is 4.79 Å². The summed E-state index contributed by atoms with van der Waals surface area (Å²) in [7, 11) is 9.00. The second kappa shape index (κ2) is 18.5. The fraction of sp³-hybridized carbons (Fsp3) is 0.533. The summed E-state index contributed by atoms with van der Waals surface area (Å²) in [5.41, 5.74) is 6.58. The molecule has 0 saturated heterocycles. The van der Waals surface area contributed by atoms with Crippen LogP contribution >= 0.6 is 12.4 Å². The minimum absolute atomic E-state index is 0. The normalized spacial score (nSPS) is 10.5. The van der Waals surface area contributed by atoms with Crippen LogP contribution in [0, 0.1) is 0 Å². The maximum atomic E-state index is 11.7. The average molecular weight is 651 g/mol. The van der Waals surface area contributed by atoms with Gasteiger partial charge in [0.2, 0.25) is 0 Å². The van der Waals surface area contributed by atoms with Crippen LogP contribution in [0.1, 0.15) is 59.9 Å². The van der Waals surface area contributed by atoms with Crippen molar-refractivity contribution < 1.29 is 19.1 Å². The molecule has 4 aromatic heterocycles. The molecule has 45 heavy (non-hydrogen) atoms. The van der Waals surface area contributed by atoms with Crippen LogP contribution < -0.4 is 10.6 Å². The molecule has 1 amide bonds. The average Bonchev–Trinajstić information content (AvgIpc) is 3.69. The number of esters is 1. The largest absolute Gasteiger partial charge is 0.460 e. The third-order valence-electron chi connectivity index (χ3n) is 5.62. The summed E-state index contributed by atoms with van der Waals surface area (Å²) in [6.45, 7) is 13.2. The van der Waals surface area contributed by atoms with E-state index in [1.807, 2.05) is 71.6 Å². The lowest BCUT2D eigenvalue weighted by atomic mass is 10.2. The third kappa shape index (κ3) is 15.8. The molecule has 4 rings (SSSR count). The fourth-order valence-electron chi connectivity index (χ4n) is 3.35. The van der Waals surface area contributed by atoms with Crippen LogP contribution in [-0.4, -0.2) is 69.4 Å². The first kappa shape index (κ1) is 40.7. The fourth-order valence-corrected chi connectivity index (χ4v) is 3.35. The van der Waals surface area contributed by atoms with Crippen molar-refractivity contribution in [2.45, 2.75) is 72.5 Å². The van der Waals surface area contributed by atoms with Gasteiger partial charge in [0, 0.05) is 65.1 Å². The molecule has 15 heteroatoms. The zero-order valence-electron chi connectivity index (χ0n) is 28.7. The lowest BCUT2D eigenvalue weighted by Gasteiger charge is -2.24. The van der Waals surface area contributed by atoms with Gasteiger partial charge in [-0.05, 0) is 66.2 Å². The molecule has 0 aliphatic carbocycles. The Morgan fingerprint density at radius 1 is 0.733 bits per heavy atom. The molecule has 0 spiro atoms.